The van der Waals surface area contributed by atoms with Gasteiger partial charge in [0.05, 0.1) is 12.2 Å². The molecule has 0 aliphatic heterocycles. The van der Waals surface area contributed by atoms with Gasteiger partial charge in [0.2, 0.25) is 0 Å². The van der Waals surface area contributed by atoms with Gasteiger partial charge >= 0.3 is 0 Å². The summed E-state index contributed by atoms with van der Waals surface area (Å²) < 4.78 is 1.72. The van der Waals surface area contributed by atoms with Crippen molar-refractivity contribution in [2.45, 2.75) is 13.5 Å². The molecule has 0 radical (unpaired) electrons. The molecule has 0 spiro atoms. The number of nitrogens with one attached hydrogen (secondary N) is 1. The van der Waals surface area contributed by atoms with E-state index in [9.17, 15) is 0 Å². The van der Waals surface area contributed by atoms with E-state index in [4.69, 9.17) is 11.6 Å². The van der Waals surface area contributed by atoms with Gasteiger partial charge in [0, 0.05) is 10.7 Å². The summed E-state index contributed by atoms with van der Waals surface area (Å²) in [7, 11) is 0. The highest BCUT2D eigenvalue weighted by atomic mass is 35.5. The highest BCUT2D eigenvalue weighted by molar-refractivity contribution is 6.30. The van der Waals surface area contributed by atoms with Crippen LogP contribution in [0.2, 0.25) is 5.02 Å². The molecule has 0 bridgehead atoms. The molecule has 0 fully saturated rings. The largest absolute Gasteiger partial charge is 0.377 e. The Bertz CT molecular complexity index is 739. The summed E-state index contributed by atoms with van der Waals surface area (Å²) in [4.78, 5) is 0. The van der Waals surface area contributed by atoms with Crippen LogP contribution in [0, 0.1) is 6.92 Å². The molecule has 3 rings (SSSR count). The van der Waals surface area contributed by atoms with Crippen LogP contribution < -0.4 is 5.32 Å². The van der Waals surface area contributed by atoms with E-state index in [1.807, 2.05) is 55.5 Å². The summed E-state index contributed by atoms with van der Waals surface area (Å²) in [6, 6.07) is 15.5. The number of hydrogen-bond donors (Lipinski definition) is 1. The van der Waals surface area contributed by atoms with E-state index < -0.39 is 0 Å². The Morgan fingerprint density at radius 1 is 1.14 bits per heavy atom. The van der Waals surface area contributed by atoms with Gasteiger partial charge in [0.1, 0.15) is 0 Å². The Labute approximate surface area is 127 Å². The lowest BCUT2D eigenvalue weighted by molar-refractivity contribution is 0.768. The third-order valence-electron chi connectivity index (χ3n) is 3.17. The topological polar surface area (TPSA) is 55.6 Å². The standard InChI is InChI=1S/C15H14ClN5/c1-11-7-8-12(16)9-14(11)17-10-15-18-19-20-21(15)13-5-3-2-4-6-13/h2-9,17H,10H2,1H3. The predicted molar refractivity (Wildman–Crippen MR) is 82.7 cm³/mol. The normalized spacial score (nSPS) is 10.6. The molecule has 5 nitrogen and oxygen atoms in total. The lowest BCUT2D eigenvalue weighted by Crippen LogP contribution is -2.09. The molecule has 1 aromatic heterocycles. The SMILES string of the molecule is Cc1ccc(Cl)cc1NCc1nnnn1-c1ccccc1. The van der Waals surface area contributed by atoms with Crippen LogP contribution in [0.1, 0.15) is 11.4 Å². The Hall–Kier alpha value is -2.40. The minimum Gasteiger partial charge on any atom is -0.377 e. The zero-order chi connectivity index (χ0) is 14.7. The molecule has 0 saturated carbocycles. The Balaban J connectivity index is 1.81. The molecule has 106 valence electrons. The average Bonchev–Trinajstić information content (AvgIpc) is 2.97. The maximum absolute atomic E-state index is 6.02. The van der Waals surface area contributed by atoms with E-state index >= 15 is 0 Å². The van der Waals surface area contributed by atoms with Gasteiger partial charge in [0.25, 0.3) is 0 Å². The van der Waals surface area contributed by atoms with Gasteiger partial charge in [-0.2, -0.15) is 4.68 Å². The van der Waals surface area contributed by atoms with E-state index in [0.717, 1.165) is 22.8 Å². The van der Waals surface area contributed by atoms with Crippen LogP contribution in [-0.2, 0) is 6.54 Å². The van der Waals surface area contributed by atoms with Crippen molar-refractivity contribution in [3.05, 3.63) is 64.9 Å². The Morgan fingerprint density at radius 3 is 2.76 bits per heavy atom. The van der Waals surface area contributed by atoms with E-state index in [1.54, 1.807) is 4.68 Å². The van der Waals surface area contributed by atoms with Crippen molar-refractivity contribution in [1.82, 2.24) is 20.2 Å². The first-order chi connectivity index (χ1) is 10.2. The van der Waals surface area contributed by atoms with Crippen LogP contribution in [-0.4, -0.2) is 20.2 Å². The molecule has 0 atom stereocenters. The fourth-order valence-corrected chi connectivity index (χ4v) is 2.22. The lowest BCUT2D eigenvalue weighted by Gasteiger charge is -2.10. The van der Waals surface area contributed by atoms with Gasteiger partial charge in [0.15, 0.2) is 5.82 Å². The van der Waals surface area contributed by atoms with Crippen molar-refractivity contribution >= 4 is 17.3 Å². The fourth-order valence-electron chi connectivity index (χ4n) is 2.04. The number of halogens is 1. The maximum atomic E-state index is 6.02. The highest BCUT2D eigenvalue weighted by Gasteiger charge is 2.08. The number of rotatable bonds is 4. The van der Waals surface area contributed by atoms with Crippen molar-refractivity contribution < 1.29 is 0 Å². The molecule has 6 heteroatoms. The van der Waals surface area contributed by atoms with Gasteiger partial charge in [-0.15, -0.1) is 5.10 Å². The predicted octanol–water partition coefficient (Wildman–Crippen LogP) is 3.24. The summed E-state index contributed by atoms with van der Waals surface area (Å²) in [6.07, 6.45) is 0. The first-order valence-corrected chi connectivity index (χ1v) is 6.94. The zero-order valence-electron chi connectivity index (χ0n) is 11.5. The van der Waals surface area contributed by atoms with Crippen LogP contribution in [0.25, 0.3) is 5.69 Å². The second kappa shape index (κ2) is 5.93. The van der Waals surface area contributed by atoms with E-state index in [0.29, 0.717) is 11.6 Å². The zero-order valence-corrected chi connectivity index (χ0v) is 12.2. The third kappa shape index (κ3) is 3.03. The maximum Gasteiger partial charge on any atom is 0.175 e. The van der Waals surface area contributed by atoms with Crippen molar-refractivity contribution in [3.63, 3.8) is 0 Å². The number of anilines is 1. The monoisotopic (exact) mass is 299 g/mol. The molecule has 2 aromatic carbocycles. The summed E-state index contributed by atoms with van der Waals surface area (Å²) >= 11 is 6.02. The summed E-state index contributed by atoms with van der Waals surface area (Å²) in [5, 5.41) is 15.9. The number of tetrazole rings is 1. The molecular weight excluding hydrogens is 286 g/mol. The highest BCUT2D eigenvalue weighted by Crippen LogP contribution is 2.20. The van der Waals surface area contributed by atoms with Crippen molar-refractivity contribution in [2.24, 2.45) is 0 Å². The first kappa shape index (κ1) is 13.6. The van der Waals surface area contributed by atoms with Crippen molar-refractivity contribution in [2.75, 3.05) is 5.32 Å². The average molecular weight is 300 g/mol. The summed E-state index contributed by atoms with van der Waals surface area (Å²) in [5.41, 5.74) is 3.03. The number of para-hydroxylation sites is 1. The molecule has 21 heavy (non-hydrogen) atoms. The van der Waals surface area contributed by atoms with Crippen molar-refractivity contribution in [3.8, 4) is 5.69 Å². The number of hydrogen-bond acceptors (Lipinski definition) is 4. The minimum atomic E-state index is 0.517. The summed E-state index contributed by atoms with van der Waals surface area (Å²) in [5.74, 6) is 0.737. The van der Waals surface area contributed by atoms with Gasteiger partial charge < -0.3 is 5.32 Å². The quantitative estimate of drug-likeness (QED) is 0.803. The summed E-state index contributed by atoms with van der Waals surface area (Å²) in [6.45, 7) is 2.54. The van der Waals surface area contributed by atoms with Gasteiger partial charge in [-0.25, -0.2) is 0 Å². The van der Waals surface area contributed by atoms with Crippen molar-refractivity contribution in [1.29, 1.82) is 0 Å². The second-order valence-electron chi connectivity index (χ2n) is 4.66. The van der Waals surface area contributed by atoms with Gasteiger partial charge in [-0.1, -0.05) is 35.9 Å². The molecule has 0 saturated heterocycles. The van der Waals surface area contributed by atoms with E-state index in [-0.39, 0.29) is 0 Å². The van der Waals surface area contributed by atoms with Crippen LogP contribution in [0.4, 0.5) is 5.69 Å². The van der Waals surface area contributed by atoms with Crippen LogP contribution in [0.5, 0.6) is 0 Å². The first-order valence-electron chi connectivity index (χ1n) is 6.57. The number of nitrogens with zero attached hydrogens (tertiary/aromatic N) is 4. The molecule has 0 aliphatic rings. The van der Waals surface area contributed by atoms with Crippen LogP contribution in [0.3, 0.4) is 0 Å². The molecule has 3 aromatic rings. The van der Waals surface area contributed by atoms with E-state index in [2.05, 4.69) is 20.8 Å². The van der Waals surface area contributed by atoms with Gasteiger partial charge in [-0.3, -0.25) is 0 Å². The third-order valence-corrected chi connectivity index (χ3v) is 3.41. The molecule has 0 amide bonds. The number of benzene rings is 2. The van der Waals surface area contributed by atoms with Crippen LogP contribution >= 0.6 is 11.6 Å². The van der Waals surface area contributed by atoms with Gasteiger partial charge in [-0.05, 0) is 47.2 Å². The molecule has 1 heterocycles. The molecule has 1 N–H and O–H groups in total. The minimum absolute atomic E-state index is 0.517. The van der Waals surface area contributed by atoms with Crippen LogP contribution in [0.15, 0.2) is 48.5 Å². The lowest BCUT2D eigenvalue weighted by atomic mass is 10.2. The molecular formula is C15H14ClN5. The van der Waals surface area contributed by atoms with E-state index in [1.165, 1.54) is 0 Å². The fraction of sp³-hybridized carbons (Fsp3) is 0.133. The Morgan fingerprint density at radius 2 is 1.95 bits per heavy atom. The molecule has 0 unspecified atom stereocenters. The second-order valence-corrected chi connectivity index (χ2v) is 5.09. The Kier molecular flexibility index (Phi) is 3.83. The smallest absolute Gasteiger partial charge is 0.175 e. The number of aromatic nitrogens is 4. The number of aryl methyl sites for hydroxylation is 1. The molecule has 0 aliphatic carbocycles.